The molecule has 0 aliphatic rings. The molecule has 17 nitrogen and oxygen atoms in total. The van der Waals surface area contributed by atoms with Gasteiger partial charge in [-0.15, -0.1) is 0 Å². The molecule has 0 aliphatic heterocycles. The molecule has 0 atom stereocenters. The molecular weight excluding hydrogens is 644 g/mol. The third-order valence-electron chi connectivity index (χ3n) is 6.98. The van der Waals surface area contributed by atoms with E-state index in [1.54, 1.807) is 36.4 Å². The van der Waals surface area contributed by atoms with Crippen molar-refractivity contribution in [2.24, 2.45) is 9.98 Å². The first kappa shape index (κ1) is 37.8. The summed E-state index contributed by atoms with van der Waals surface area (Å²) in [5, 5.41) is 75.9. The lowest BCUT2D eigenvalue weighted by molar-refractivity contribution is -0.306. The van der Waals surface area contributed by atoms with Crippen LogP contribution < -0.4 is 20.4 Å². The summed E-state index contributed by atoms with van der Waals surface area (Å²) in [6.45, 7) is -1.88. The number of rotatable bonds is 20. The molecule has 49 heavy (non-hydrogen) atoms. The van der Waals surface area contributed by atoms with Gasteiger partial charge in [0.2, 0.25) is 0 Å². The fraction of sp³-hybridized carbons (Fsp3) is 0.344. The molecule has 3 N–H and O–H groups in total. The number of fused-ring (bicyclic) bond motifs is 1. The lowest BCUT2D eigenvalue weighted by Crippen LogP contribution is -2.48. The average Bonchev–Trinajstić information content (AvgIpc) is 2.97. The second kappa shape index (κ2) is 18.0. The van der Waals surface area contributed by atoms with E-state index in [4.69, 9.17) is 10.2 Å². The fourth-order valence-corrected chi connectivity index (χ4v) is 4.96. The third kappa shape index (κ3) is 13.5. The number of carboxylic acids is 4. The van der Waals surface area contributed by atoms with E-state index in [0.29, 0.717) is 28.6 Å². The van der Waals surface area contributed by atoms with Gasteiger partial charge in [-0.1, -0.05) is 18.2 Å². The smallest absolute Gasteiger partial charge is 0.317 e. The summed E-state index contributed by atoms with van der Waals surface area (Å²) >= 11 is 0. The lowest BCUT2D eigenvalue weighted by Gasteiger charge is -2.30. The van der Waals surface area contributed by atoms with E-state index in [1.165, 1.54) is 28.9 Å². The number of benzene rings is 2. The van der Waals surface area contributed by atoms with Crippen LogP contribution in [0.1, 0.15) is 18.1 Å². The van der Waals surface area contributed by atoms with Gasteiger partial charge in [0.1, 0.15) is 0 Å². The third-order valence-corrected chi connectivity index (χ3v) is 6.98. The Morgan fingerprint density at radius 2 is 1.22 bits per heavy atom. The number of carbonyl (C=O) groups is 4. The monoisotopic (exact) mass is 678 g/mol. The second-order valence-corrected chi connectivity index (χ2v) is 11.1. The summed E-state index contributed by atoms with van der Waals surface area (Å²) in [5.74, 6) is -6.83. The van der Waals surface area contributed by atoms with E-state index < -0.39 is 68.4 Å². The molecule has 0 amide bonds. The predicted molar refractivity (Wildman–Crippen MR) is 168 cm³/mol. The van der Waals surface area contributed by atoms with Crippen molar-refractivity contribution in [3.05, 3.63) is 59.7 Å². The summed E-state index contributed by atoms with van der Waals surface area (Å²) in [4.78, 5) is 60.5. The number of aromatic nitrogens is 1. The summed E-state index contributed by atoms with van der Waals surface area (Å²) < 4.78 is 0. The zero-order valence-electron chi connectivity index (χ0n) is 26.5. The van der Waals surface area contributed by atoms with Crippen molar-refractivity contribution in [2.75, 3.05) is 58.9 Å². The van der Waals surface area contributed by atoms with Gasteiger partial charge in [-0.2, -0.15) is 0 Å². The zero-order valence-corrected chi connectivity index (χ0v) is 26.5. The van der Waals surface area contributed by atoms with Crippen LogP contribution in [0.2, 0.25) is 0 Å². The minimum Gasteiger partial charge on any atom is -0.862 e. The molecule has 3 aromatic rings. The van der Waals surface area contributed by atoms with Crippen LogP contribution in [0, 0.1) is 0 Å². The van der Waals surface area contributed by atoms with Gasteiger partial charge in [0.15, 0.2) is 0 Å². The van der Waals surface area contributed by atoms with Crippen molar-refractivity contribution in [1.29, 1.82) is 0 Å². The number of hydrogen-bond acceptors (Lipinski definition) is 14. The van der Waals surface area contributed by atoms with Crippen molar-refractivity contribution in [2.45, 2.75) is 13.3 Å². The van der Waals surface area contributed by atoms with Gasteiger partial charge in [-0.25, -0.2) is 0 Å². The molecule has 0 saturated carbocycles. The molecule has 0 unspecified atom stereocenters. The highest BCUT2D eigenvalue weighted by molar-refractivity contribution is 5.87. The van der Waals surface area contributed by atoms with Crippen molar-refractivity contribution < 1.29 is 54.9 Å². The van der Waals surface area contributed by atoms with Crippen molar-refractivity contribution in [3.63, 3.8) is 0 Å². The van der Waals surface area contributed by atoms with Crippen LogP contribution in [0.25, 0.3) is 10.9 Å². The number of carboxylic acid groups (broad SMARTS) is 4. The maximum absolute atomic E-state index is 12.9. The number of aliphatic carboxylic acids is 4. The van der Waals surface area contributed by atoms with E-state index in [-0.39, 0.29) is 37.8 Å². The molecule has 0 radical (unpaired) electrons. The van der Waals surface area contributed by atoms with E-state index in [0.717, 1.165) is 10.5 Å². The highest BCUT2D eigenvalue weighted by Crippen LogP contribution is 2.27. The van der Waals surface area contributed by atoms with Gasteiger partial charge in [0.05, 0.1) is 42.5 Å². The van der Waals surface area contributed by atoms with E-state index in [9.17, 15) is 44.7 Å². The van der Waals surface area contributed by atoms with Gasteiger partial charge in [0.25, 0.3) is 0 Å². The fourth-order valence-electron chi connectivity index (χ4n) is 4.96. The Morgan fingerprint density at radius 3 is 1.76 bits per heavy atom. The Bertz CT molecular complexity index is 1690. The molecule has 17 heteroatoms. The average molecular weight is 679 g/mol. The van der Waals surface area contributed by atoms with Crippen molar-refractivity contribution in [1.82, 2.24) is 19.7 Å². The zero-order chi connectivity index (χ0) is 36.1. The van der Waals surface area contributed by atoms with Gasteiger partial charge < -0.3 is 40.5 Å². The van der Waals surface area contributed by atoms with Crippen LogP contribution in [-0.2, 0) is 25.6 Å². The van der Waals surface area contributed by atoms with Crippen LogP contribution in [0.15, 0.2) is 58.5 Å². The molecule has 1 aromatic heterocycles. The predicted octanol–water partition coefficient (Wildman–Crippen LogP) is -2.39. The lowest BCUT2D eigenvalue weighted by atomic mass is 10.0. The molecule has 1 heterocycles. The highest BCUT2D eigenvalue weighted by Gasteiger charge is 2.17. The molecule has 0 fully saturated rings. The molecule has 0 spiro atoms. The minimum atomic E-state index is -1.47. The van der Waals surface area contributed by atoms with Gasteiger partial charge >= 0.3 is 17.9 Å². The first-order valence-electron chi connectivity index (χ1n) is 14.9. The number of aliphatic imine (C=N–C) groups is 2. The van der Waals surface area contributed by atoms with Crippen molar-refractivity contribution in [3.8, 4) is 5.88 Å². The Hall–Kier alpha value is -5.65. The number of hydrogen-bond donors (Lipinski definition) is 3. The normalized spacial score (nSPS) is 12.2. The maximum atomic E-state index is 12.9. The Balaban J connectivity index is 1.73. The van der Waals surface area contributed by atoms with Crippen LogP contribution in [-0.4, -0.2) is 130 Å². The Kier molecular flexibility index (Phi) is 13.9. The number of pyridine rings is 1. The summed E-state index contributed by atoms with van der Waals surface area (Å²) in [5.41, 5.74) is 2.49. The van der Waals surface area contributed by atoms with Crippen LogP contribution in [0.4, 0.5) is 11.4 Å². The molecule has 262 valence electrons. The van der Waals surface area contributed by atoms with Crippen LogP contribution in [0.3, 0.4) is 0 Å². The van der Waals surface area contributed by atoms with Crippen molar-refractivity contribution >= 4 is 58.0 Å². The summed E-state index contributed by atoms with van der Waals surface area (Å²) in [6.07, 6.45) is 0.375. The molecule has 0 aliphatic carbocycles. The van der Waals surface area contributed by atoms with E-state index >= 15 is 0 Å². The molecule has 0 saturated heterocycles. The maximum Gasteiger partial charge on any atom is 0.317 e. The van der Waals surface area contributed by atoms with Gasteiger partial charge in [-0.3, -0.25) is 44.1 Å². The second-order valence-electron chi connectivity index (χ2n) is 11.1. The van der Waals surface area contributed by atoms with Crippen LogP contribution in [0.5, 0.6) is 5.88 Å². The number of carbonyl (C=O) groups excluding carboxylic acids is 1. The summed E-state index contributed by atoms with van der Waals surface area (Å²) in [7, 11) is 0. The van der Waals surface area contributed by atoms with E-state index in [2.05, 4.69) is 15.0 Å². The first-order chi connectivity index (χ1) is 23.2. The number of nitrogens with zero attached hydrogens (tertiary/aromatic N) is 6. The quantitative estimate of drug-likeness (QED) is 0.0831. The first-order valence-corrected chi connectivity index (χ1v) is 14.9. The van der Waals surface area contributed by atoms with Gasteiger partial charge in [-0.05, 0) is 72.5 Å². The Labute approximate surface area is 280 Å². The minimum absolute atomic E-state index is 0.0777. The summed E-state index contributed by atoms with van der Waals surface area (Å²) in [6, 6.07) is 13.0. The van der Waals surface area contributed by atoms with Crippen LogP contribution >= 0.6 is 0 Å². The molecule has 2 aromatic carbocycles. The largest absolute Gasteiger partial charge is 0.862 e. The SMILES string of the molecule is CC([O-])=Nc1ccc(Cc2cc([O-])nc3cc(N=C([O-])CN(CCN(CCN(CC(=O)O)CC(=O)O)CC(=O)[O-])CC(=O)O)ccc23)cc1. The van der Waals surface area contributed by atoms with Gasteiger partial charge in [0, 0.05) is 44.7 Å². The molecule has 0 bridgehead atoms. The Morgan fingerprint density at radius 1 is 0.694 bits per heavy atom. The molecular formula is C32H34N6O11-4. The molecule has 3 rings (SSSR count). The standard InChI is InChI=1S/C32H38N6O11/c1-20(39)33-23-4-2-21(3-5-23)12-22-13-27(40)35-26-14-24(6-7-25(22)26)34-28(41)15-37(17-30(44)45)10-8-36(16-29(42)43)9-11-38(18-31(46)47)19-32(48)49/h2-7,13-14H,8-12,15-19H2,1H3,(H,33,39)(H,34,41)(H,35,40)(H,42,43)(H,44,45)(H,46,47)(H,48,49)/p-4. The topological polar surface area (TPSA) is 269 Å². The van der Waals surface area contributed by atoms with E-state index in [1.807, 2.05) is 0 Å². The highest BCUT2D eigenvalue weighted by atomic mass is 16.4.